The van der Waals surface area contributed by atoms with Gasteiger partial charge in [-0.2, -0.15) is 0 Å². The van der Waals surface area contributed by atoms with E-state index in [2.05, 4.69) is 0 Å². The van der Waals surface area contributed by atoms with E-state index in [9.17, 15) is 4.39 Å². The highest BCUT2D eigenvalue weighted by Crippen LogP contribution is 2.48. The fourth-order valence-corrected chi connectivity index (χ4v) is 2.16. The summed E-state index contributed by atoms with van der Waals surface area (Å²) >= 11 is 0. The van der Waals surface area contributed by atoms with Gasteiger partial charge in [0.1, 0.15) is 17.2 Å². The van der Waals surface area contributed by atoms with Gasteiger partial charge in [0.15, 0.2) is 0 Å². The van der Waals surface area contributed by atoms with E-state index < -0.39 is 5.67 Å². The average molecular weight is 225 g/mol. The van der Waals surface area contributed by atoms with Crippen LogP contribution < -0.4 is 15.2 Å². The Morgan fingerprint density at radius 2 is 2.00 bits per heavy atom. The minimum Gasteiger partial charge on any atom is -0.497 e. The second kappa shape index (κ2) is 3.94. The molecule has 4 heteroatoms. The molecule has 0 saturated heterocycles. The van der Waals surface area contributed by atoms with Crippen LogP contribution in [0, 0.1) is 0 Å². The summed E-state index contributed by atoms with van der Waals surface area (Å²) < 4.78 is 24.6. The highest BCUT2D eigenvalue weighted by atomic mass is 19.1. The largest absolute Gasteiger partial charge is 0.497 e. The molecule has 0 unspecified atom stereocenters. The van der Waals surface area contributed by atoms with Crippen LogP contribution in [0.5, 0.6) is 11.5 Å². The molecule has 1 aromatic rings. The van der Waals surface area contributed by atoms with Crippen LogP contribution in [0.15, 0.2) is 18.2 Å². The number of hydrogen-bond acceptors (Lipinski definition) is 3. The van der Waals surface area contributed by atoms with Crippen molar-refractivity contribution >= 4 is 0 Å². The summed E-state index contributed by atoms with van der Waals surface area (Å²) in [5, 5.41) is 0. The van der Waals surface area contributed by atoms with Crippen molar-refractivity contribution in [3.63, 3.8) is 0 Å². The zero-order chi connectivity index (χ0) is 11.8. The lowest BCUT2D eigenvalue weighted by Gasteiger charge is -2.40. The average Bonchev–Trinajstić information content (AvgIpc) is 2.26. The van der Waals surface area contributed by atoms with Crippen molar-refractivity contribution in [3.05, 3.63) is 23.8 Å². The highest BCUT2D eigenvalue weighted by molar-refractivity contribution is 5.45. The SMILES string of the molecule is COc1ccc(C2(F)CC(N)C2)c(OC)c1. The quantitative estimate of drug-likeness (QED) is 0.855. The van der Waals surface area contributed by atoms with Crippen molar-refractivity contribution in [3.8, 4) is 11.5 Å². The number of hydrogen-bond donors (Lipinski definition) is 1. The molecule has 0 spiro atoms. The zero-order valence-electron chi connectivity index (χ0n) is 9.50. The molecule has 2 rings (SSSR count). The number of benzene rings is 1. The summed E-state index contributed by atoms with van der Waals surface area (Å²) in [5.41, 5.74) is 4.86. The van der Waals surface area contributed by atoms with Gasteiger partial charge in [-0.15, -0.1) is 0 Å². The van der Waals surface area contributed by atoms with Crippen molar-refractivity contribution in [2.75, 3.05) is 14.2 Å². The topological polar surface area (TPSA) is 44.5 Å². The Hall–Kier alpha value is -1.29. The molecule has 2 N–H and O–H groups in total. The second-order valence-electron chi connectivity index (χ2n) is 4.20. The molecule has 3 nitrogen and oxygen atoms in total. The fraction of sp³-hybridized carbons (Fsp3) is 0.500. The van der Waals surface area contributed by atoms with E-state index >= 15 is 0 Å². The minimum absolute atomic E-state index is 0.0446. The van der Waals surface area contributed by atoms with E-state index in [4.69, 9.17) is 15.2 Å². The molecule has 1 aliphatic carbocycles. The molecule has 1 aromatic carbocycles. The van der Waals surface area contributed by atoms with E-state index in [1.165, 1.54) is 7.11 Å². The summed E-state index contributed by atoms with van der Waals surface area (Å²) in [7, 11) is 3.10. The van der Waals surface area contributed by atoms with E-state index in [0.717, 1.165) is 0 Å². The summed E-state index contributed by atoms with van der Waals surface area (Å²) in [6, 6.07) is 5.10. The number of halogens is 1. The standard InChI is InChI=1S/C12H16FNO2/c1-15-9-3-4-10(11(5-9)16-2)12(13)6-8(14)7-12/h3-5,8H,6-7,14H2,1-2H3. The van der Waals surface area contributed by atoms with Crippen molar-refractivity contribution in [1.29, 1.82) is 0 Å². The first-order valence-corrected chi connectivity index (χ1v) is 5.26. The Labute approximate surface area is 94.3 Å². The molecule has 88 valence electrons. The van der Waals surface area contributed by atoms with Crippen molar-refractivity contribution in [2.24, 2.45) is 5.73 Å². The smallest absolute Gasteiger partial charge is 0.142 e. The Kier molecular flexibility index (Phi) is 2.76. The first-order chi connectivity index (χ1) is 7.59. The van der Waals surface area contributed by atoms with Gasteiger partial charge in [0, 0.05) is 30.5 Å². The van der Waals surface area contributed by atoms with E-state index in [1.54, 1.807) is 25.3 Å². The molecule has 0 aromatic heterocycles. The van der Waals surface area contributed by atoms with Gasteiger partial charge in [0.05, 0.1) is 14.2 Å². The van der Waals surface area contributed by atoms with Gasteiger partial charge in [0.25, 0.3) is 0 Å². The Bertz CT molecular complexity index is 389. The second-order valence-corrected chi connectivity index (χ2v) is 4.20. The van der Waals surface area contributed by atoms with Crippen LogP contribution in [0.2, 0.25) is 0 Å². The van der Waals surface area contributed by atoms with Gasteiger partial charge in [-0.05, 0) is 12.1 Å². The van der Waals surface area contributed by atoms with Crippen LogP contribution in [0.4, 0.5) is 4.39 Å². The normalized spacial score (nSPS) is 28.4. The number of nitrogens with two attached hydrogens (primary N) is 1. The molecule has 16 heavy (non-hydrogen) atoms. The molecule has 0 amide bonds. The van der Waals surface area contributed by atoms with Gasteiger partial charge in [-0.1, -0.05) is 0 Å². The Balaban J connectivity index is 2.34. The maximum atomic E-state index is 14.4. The molecule has 0 heterocycles. The van der Waals surface area contributed by atoms with Crippen LogP contribution in [-0.4, -0.2) is 20.3 Å². The molecule has 0 atom stereocenters. The number of ether oxygens (including phenoxy) is 2. The Morgan fingerprint density at radius 1 is 1.31 bits per heavy atom. The highest BCUT2D eigenvalue weighted by Gasteiger charge is 2.46. The van der Waals surface area contributed by atoms with Gasteiger partial charge in [0.2, 0.25) is 0 Å². The molecule has 1 saturated carbocycles. The molecule has 1 aliphatic rings. The molecular formula is C12H16FNO2. The third-order valence-electron chi connectivity index (χ3n) is 3.06. The van der Waals surface area contributed by atoms with Crippen molar-refractivity contribution < 1.29 is 13.9 Å². The summed E-state index contributed by atoms with van der Waals surface area (Å²) in [5.74, 6) is 1.18. The van der Waals surface area contributed by atoms with Crippen molar-refractivity contribution in [2.45, 2.75) is 24.6 Å². The van der Waals surface area contributed by atoms with E-state index in [-0.39, 0.29) is 6.04 Å². The molecule has 0 bridgehead atoms. The third kappa shape index (κ3) is 1.73. The molecule has 0 radical (unpaired) electrons. The number of alkyl halides is 1. The lowest BCUT2D eigenvalue weighted by molar-refractivity contribution is 0.0380. The van der Waals surface area contributed by atoms with Gasteiger partial charge in [-0.25, -0.2) is 4.39 Å². The lowest BCUT2D eigenvalue weighted by Crippen LogP contribution is -2.46. The zero-order valence-corrected chi connectivity index (χ0v) is 9.50. The Morgan fingerprint density at radius 3 is 2.50 bits per heavy atom. The summed E-state index contributed by atoms with van der Waals surface area (Å²) in [6.45, 7) is 0. The first-order valence-electron chi connectivity index (χ1n) is 5.26. The van der Waals surface area contributed by atoms with E-state index in [1.807, 2.05) is 0 Å². The molecule has 1 fully saturated rings. The summed E-state index contributed by atoms with van der Waals surface area (Å²) in [4.78, 5) is 0. The maximum absolute atomic E-state index is 14.4. The van der Waals surface area contributed by atoms with Crippen LogP contribution in [0.3, 0.4) is 0 Å². The third-order valence-corrected chi connectivity index (χ3v) is 3.06. The van der Waals surface area contributed by atoms with Gasteiger partial charge < -0.3 is 15.2 Å². The number of rotatable bonds is 3. The predicted octanol–water partition coefficient (Wildman–Crippen LogP) is 1.99. The minimum atomic E-state index is -1.34. The van der Waals surface area contributed by atoms with Gasteiger partial charge >= 0.3 is 0 Å². The number of methoxy groups -OCH3 is 2. The monoisotopic (exact) mass is 225 g/mol. The van der Waals surface area contributed by atoms with E-state index in [0.29, 0.717) is 29.9 Å². The van der Waals surface area contributed by atoms with Crippen LogP contribution >= 0.6 is 0 Å². The first kappa shape index (κ1) is 11.2. The fourth-order valence-electron chi connectivity index (χ4n) is 2.16. The summed E-state index contributed by atoms with van der Waals surface area (Å²) in [6.07, 6.45) is 0.714. The lowest BCUT2D eigenvalue weighted by atomic mass is 9.73. The predicted molar refractivity (Wildman–Crippen MR) is 59.5 cm³/mol. The van der Waals surface area contributed by atoms with Crippen molar-refractivity contribution in [1.82, 2.24) is 0 Å². The van der Waals surface area contributed by atoms with Gasteiger partial charge in [-0.3, -0.25) is 0 Å². The molecular weight excluding hydrogens is 209 g/mol. The van der Waals surface area contributed by atoms with Crippen LogP contribution in [0.1, 0.15) is 18.4 Å². The van der Waals surface area contributed by atoms with Crippen LogP contribution in [-0.2, 0) is 5.67 Å². The van der Waals surface area contributed by atoms with Crippen LogP contribution in [0.25, 0.3) is 0 Å². The molecule has 0 aliphatic heterocycles. The maximum Gasteiger partial charge on any atom is 0.142 e.